The lowest BCUT2D eigenvalue weighted by atomic mass is 10.1. The lowest BCUT2D eigenvalue weighted by molar-refractivity contribution is 0.0827. The molecule has 5 nitrogen and oxygen atoms in total. The second-order valence-electron chi connectivity index (χ2n) is 4.39. The Labute approximate surface area is 121 Å². The fourth-order valence-corrected chi connectivity index (χ4v) is 1.75. The standard InChI is InChI=1S/C14H14ClN3O2/c1-18(2)14(19)9-3-4-12(16)13(5-9)20-11-6-10(15)7-17-8-11/h3-8H,16H2,1-2H3. The van der Waals surface area contributed by atoms with E-state index in [2.05, 4.69) is 4.98 Å². The van der Waals surface area contributed by atoms with Crippen LogP contribution in [0.4, 0.5) is 5.69 Å². The highest BCUT2D eigenvalue weighted by molar-refractivity contribution is 6.30. The Morgan fingerprint density at radius 1 is 1.30 bits per heavy atom. The smallest absolute Gasteiger partial charge is 0.253 e. The quantitative estimate of drug-likeness (QED) is 0.883. The molecule has 0 aliphatic rings. The van der Waals surface area contributed by atoms with Gasteiger partial charge in [0, 0.05) is 31.9 Å². The number of ether oxygens (including phenoxy) is 1. The second kappa shape index (κ2) is 5.79. The number of nitrogens with two attached hydrogens (primary N) is 1. The normalized spacial score (nSPS) is 10.2. The van der Waals surface area contributed by atoms with E-state index in [1.165, 1.54) is 17.3 Å². The van der Waals surface area contributed by atoms with Crippen LogP contribution in [0, 0.1) is 0 Å². The van der Waals surface area contributed by atoms with Crippen LogP contribution in [0.3, 0.4) is 0 Å². The predicted molar refractivity (Wildman–Crippen MR) is 78.2 cm³/mol. The Morgan fingerprint density at radius 3 is 2.70 bits per heavy atom. The van der Waals surface area contributed by atoms with Gasteiger partial charge in [-0.15, -0.1) is 0 Å². The van der Waals surface area contributed by atoms with Gasteiger partial charge in [-0.1, -0.05) is 11.6 Å². The van der Waals surface area contributed by atoms with Crippen molar-refractivity contribution in [1.29, 1.82) is 0 Å². The third kappa shape index (κ3) is 3.19. The number of anilines is 1. The van der Waals surface area contributed by atoms with Gasteiger partial charge in [0.15, 0.2) is 5.75 Å². The molecule has 0 bridgehead atoms. The molecule has 0 aliphatic heterocycles. The van der Waals surface area contributed by atoms with Gasteiger partial charge in [-0.05, 0) is 18.2 Å². The van der Waals surface area contributed by atoms with Gasteiger partial charge >= 0.3 is 0 Å². The van der Waals surface area contributed by atoms with E-state index >= 15 is 0 Å². The molecule has 2 aromatic rings. The van der Waals surface area contributed by atoms with Crippen LogP contribution >= 0.6 is 11.6 Å². The molecule has 0 aliphatic carbocycles. The van der Waals surface area contributed by atoms with E-state index in [1.54, 1.807) is 38.4 Å². The minimum Gasteiger partial charge on any atom is -0.454 e. The summed E-state index contributed by atoms with van der Waals surface area (Å²) < 4.78 is 5.62. The van der Waals surface area contributed by atoms with Gasteiger partial charge in [-0.2, -0.15) is 0 Å². The summed E-state index contributed by atoms with van der Waals surface area (Å²) in [6.45, 7) is 0. The number of benzene rings is 1. The summed E-state index contributed by atoms with van der Waals surface area (Å²) in [6.07, 6.45) is 3.02. The zero-order chi connectivity index (χ0) is 14.7. The molecule has 1 aromatic heterocycles. The largest absolute Gasteiger partial charge is 0.454 e. The van der Waals surface area contributed by atoms with Gasteiger partial charge in [-0.3, -0.25) is 9.78 Å². The van der Waals surface area contributed by atoms with Gasteiger partial charge < -0.3 is 15.4 Å². The van der Waals surface area contributed by atoms with Crippen LogP contribution in [-0.4, -0.2) is 29.9 Å². The summed E-state index contributed by atoms with van der Waals surface area (Å²) in [5, 5.41) is 0.460. The number of hydrogen-bond acceptors (Lipinski definition) is 4. The van der Waals surface area contributed by atoms with E-state index in [0.717, 1.165) is 0 Å². The van der Waals surface area contributed by atoms with E-state index in [-0.39, 0.29) is 5.91 Å². The minimum atomic E-state index is -0.126. The highest BCUT2D eigenvalue weighted by Crippen LogP contribution is 2.29. The maximum Gasteiger partial charge on any atom is 0.253 e. The van der Waals surface area contributed by atoms with Crippen LogP contribution in [0.25, 0.3) is 0 Å². The number of carbonyl (C=O) groups is 1. The first-order chi connectivity index (χ1) is 9.47. The van der Waals surface area contributed by atoms with Crippen molar-refractivity contribution < 1.29 is 9.53 Å². The fraction of sp³-hybridized carbons (Fsp3) is 0.143. The van der Waals surface area contributed by atoms with Gasteiger partial charge in [0.1, 0.15) is 5.75 Å². The first-order valence-corrected chi connectivity index (χ1v) is 6.25. The summed E-state index contributed by atoms with van der Waals surface area (Å²) in [5.74, 6) is 0.722. The van der Waals surface area contributed by atoms with Crippen molar-refractivity contribution in [1.82, 2.24) is 9.88 Å². The number of aromatic nitrogens is 1. The molecule has 1 amide bonds. The Balaban J connectivity index is 2.32. The van der Waals surface area contributed by atoms with Crippen molar-refractivity contribution in [3.8, 4) is 11.5 Å². The van der Waals surface area contributed by atoms with Crippen molar-refractivity contribution in [2.45, 2.75) is 0 Å². The molecule has 1 heterocycles. The van der Waals surface area contributed by atoms with Crippen LogP contribution in [0.5, 0.6) is 11.5 Å². The number of nitrogens with zero attached hydrogens (tertiary/aromatic N) is 2. The molecule has 2 N–H and O–H groups in total. The molecular weight excluding hydrogens is 278 g/mol. The zero-order valence-corrected chi connectivity index (χ0v) is 11.9. The lowest BCUT2D eigenvalue weighted by Gasteiger charge is -2.13. The van der Waals surface area contributed by atoms with Crippen LogP contribution in [-0.2, 0) is 0 Å². The molecule has 0 atom stereocenters. The third-order valence-electron chi connectivity index (χ3n) is 2.57. The molecule has 104 valence electrons. The van der Waals surface area contributed by atoms with E-state index in [9.17, 15) is 4.79 Å². The number of halogens is 1. The maximum absolute atomic E-state index is 11.9. The number of nitrogen functional groups attached to an aromatic ring is 1. The maximum atomic E-state index is 11.9. The van der Waals surface area contributed by atoms with Gasteiger partial charge in [0.05, 0.1) is 16.9 Å². The number of amides is 1. The van der Waals surface area contributed by atoms with Crippen LogP contribution in [0.1, 0.15) is 10.4 Å². The van der Waals surface area contributed by atoms with Crippen molar-refractivity contribution in [3.05, 3.63) is 47.2 Å². The average Bonchev–Trinajstić information content (AvgIpc) is 2.40. The second-order valence-corrected chi connectivity index (χ2v) is 4.83. The Hall–Kier alpha value is -2.27. The topological polar surface area (TPSA) is 68.5 Å². The summed E-state index contributed by atoms with van der Waals surface area (Å²) in [4.78, 5) is 17.3. The molecule has 2 rings (SSSR count). The Morgan fingerprint density at radius 2 is 2.05 bits per heavy atom. The van der Waals surface area contributed by atoms with Crippen molar-refractivity contribution in [3.63, 3.8) is 0 Å². The molecular formula is C14H14ClN3O2. The highest BCUT2D eigenvalue weighted by atomic mass is 35.5. The minimum absolute atomic E-state index is 0.126. The molecule has 0 unspecified atom stereocenters. The molecule has 0 spiro atoms. The summed E-state index contributed by atoms with van der Waals surface area (Å²) >= 11 is 5.84. The van der Waals surface area contributed by atoms with Gasteiger partial charge in [0.2, 0.25) is 0 Å². The Kier molecular flexibility index (Phi) is 4.10. The SMILES string of the molecule is CN(C)C(=O)c1ccc(N)c(Oc2cncc(Cl)c2)c1. The first kappa shape index (κ1) is 14.1. The molecule has 6 heteroatoms. The third-order valence-corrected chi connectivity index (χ3v) is 2.78. The molecule has 20 heavy (non-hydrogen) atoms. The molecule has 0 fully saturated rings. The molecule has 1 aromatic carbocycles. The van der Waals surface area contributed by atoms with Crippen molar-refractivity contribution in [2.75, 3.05) is 19.8 Å². The van der Waals surface area contributed by atoms with Gasteiger partial charge in [0.25, 0.3) is 5.91 Å². The van der Waals surface area contributed by atoms with E-state index in [1.807, 2.05) is 0 Å². The van der Waals surface area contributed by atoms with Gasteiger partial charge in [-0.25, -0.2) is 0 Å². The fourth-order valence-electron chi connectivity index (χ4n) is 1.59. The van der Waals surface area contributed by atoms with E-state index in [4.69, 9.17) is 22.1 Å². The summed E-state index contributed by atoms with van der Waals surface area (Å²) in [7, 11) is 3.36. The first-order valence-electron chi connectivity index (χ1n) is 5.87. The number of rotatable bonds is 3. The van der Waals surface area contributed by atoms with Crippen molar-refractivity contribution >= 4 is 23.2 Å². The van der Waals surface area contributed by atoms with Crippen LogP contribution in [0.15, 0.2) is 36.7 Å². The predicted octanol–water partition coefficient (Wildman–Crippen LogP) is 2.81. The van der Waals surface area contributed by atoms with E-state index in [0.29, 0.717) is 27.8 Å². The number of hydrogen-bond donors (Lipinski definition) is 1. The number of pyridine rings is 1. The summed E-state index contributed by atoms with van der Waals surface area (Å²) in [5.41, 5.74) is 6.77. The average molecular weight is 292 g/mol. The lowest BCUT2D eigenvalue weighted by Crippen LogP contribution is -2.21. The Bertz CT molecular complexity index is 644. The number of carbonyl (C=O) groups excluding carboxylic acids is 1. The van der Waals surface area contributed by atoms with Crippen molar-refractivity contribution in [2.24, 2.45) is 0 Å². The summed E-state index contributed by atoms with van der Waals surface area (Å²) in [6, 6.07) is 6.50. The van der Waals surface area contributed by atoms with Crippen LogP contribution in [0.2, 0.25) is 5.02 Å². The van der Waals surface area contributed by atoms with Crippen LogP contribution < -0.4 is 10.5 Å². The molecule has 0 saturated carbocycles. The molecule has 0 radical (unpaired) electrons. The molecule has 0 saturated heterocycles. The monoisotopic (exact) mass is 291 g/mol. The highest BCUT2D eigenvalue weighted by Gasteiger charge is 2.11. The zero-order valence-electron chi connectivity index (χ0n) is 11.1. The van der Waals surface area contributed by atoms with E-state index < -0.39 is 0 Å².